The van der Waals surface area contributed by atoms with Crippen molar-refractivity contribution in [1.82, 2.24) is 0 Å². The standard InChI is InChI=1S/C32H37N3O4S2/c1-7-27(30(37)35-31-24(18-33)23-13-12-20(32(2,3)4)16-28(23)41-31)40-22-10-8-9-21(17-22)34-29(36)19-11-14-25(38-5)26(15-19)39-6/h8-11,14-15,17,20,27H,7,12-13,16H2,1-6H3,(H,34,36)(H,35,37). The maximum atomic E-state index is 13.4. The van der Waals surface area contributed by atoms with Crippen LogP contribution in [0.15, 0.2) is 47.4 Å². The van der Waals surface area contributed by atoms with E-state index >= 15 is 0 Å². The number of amides is 2. The number of ether oxygens (including phenoxy) is 2. The highest BCUT2D eigenvalue weighted by Gasteiger charge is 2.33. The second-order valence-electron chi connectivity index (χ2n) is 11.2. The quantitative estimate of drug-likeness (QED) is 0.249. The third kappa shape index (κ3) is 7.06. The minimum Gasteiger partial charge on any atom is -0.493 e. The summed E-state index contributed by atoms with van der Waals surface area (Å²) in [4.78, 5) is 28.4. The zero-order valence-corrected chi connectivity index (χ0v) is 26.1. The van der Waals surface area contributed by atoms with Crippen molar-refractivity contribution in [2.75, 3.05) is 24.9 Å². The number of rotatable bonds is 9. The Hall–Kier alpha value is -3.48. The molecule has 0 radical (unpaired) electrons. The van der Waals surface area contributed by atoms with Gasteiger partial charge < -0.3 is 20.1 Å². The van der Waals surface area contributed by atoms with E-state index < -0.39 is 0 Å². The van der Waals surface area contributed by atoms with Crippen LogP contribution in [0.2, 0.25) is 0 Å². The first-order chi connectivity index (χ1) is 19.6. The second-order valence-corrected chi connectivity index (χ2v) is 13.6. The average molecular weight is 592 g/mol. The van der Waals surface area contributed by atoms with Crippen molar-refractivity contribution in [2.24, 2.45) is 11.3 Å². The van der Waals surface area contributed by atoms with Gasteiger partial charge in [0.15, 0.2) is 11.5 Å². The lowest BCUT2D eigenvalue weighted by atomic mass is 9.72. The maximum Gasteiger partial charge on any atom is 0.255 e. The zero-order valence-electron chi connectivity index (χ0n) is 24.4. The van der Waals surface area contributed by atoms with Gasteiger partial charge in [-0.15, -0.1) is 23.1 Å². The van der Waals surface area contributed by atoms with Gasteiger partial charge in [0.05, 0.1) is 25.0 Å². The Bertz CT molecular complexity index is 1470. The summed E-state index contributed by atoms with van der Waals surface area (Å²) in [5.74, 6) is 1.17. The van der Waals surface area contributed by atoms with Crippen LogP contribution in [0.3, 0.4) is 0 Å². The predicted molar refractivity (Wildman–Crippen MR) is 167 cm³/mol. The van der Waals surface area contributed by atoms with E-state index in [1.54, 1.807) is 36.6 Å². The van der Waals surface area contributed by atoms with Gasteiger partial charge in [0.1, 0.15) is 11.1 Å². The van der Waals surface area contributed by atoms with Crippen LogP contribution >= 0.6 is 23.1 Å². The van der Waals surface area contributed by atoms with Gasteiger partial charge in [0.25, 0.3) is 5.91 Å². The summed E-state index contributed by atoms with van der Waals surface area (Å²) in [6.07, 6.45) is 3.49. The number of hydrogen-bond acceptors (Lipinski definition) is 7. The molecule has 3 aromatic rings. The van der Waals surface area contributed by atoms with Crippen LogP contribution in [0.1, 0.15) is 66.9 Å². The van der Waals surface area contributed by atoms with E-state index in [4.69, 9.17) is 9.47 Å². The molecule has 0 fully saturated rings. The molecule has 4 rings (SSSR count). The van der Waals surface area contributed by atoms with Gasteiger partial charge in [-0.3, -0.25) is 9.59 Å². The number of thiophene rings is 1. The van der Waals surface area contributed by atoms with Crippen LogP contribution in [0.5, 0.6) is 11.5 Å². The van der Waals surface area contributed by atoms with E-state index in [9.17, 15) is 14.9 Å². The Morgan fingerprint density at radius 3 is 2.54 bits per heavy atom. The third-order valence-electron chi connectivity index (χ3n) is 7.52. The molecular weight excluding hydrogens is 555 g/mol. The molecule has 1 aliphatic carbocycles. The summed E-state index contributed by atoms with van der Waals surface area (Å²) in [6, 6.07) is 14.8. The fraction of sp³-hybridized carbons (Fsp3) is 0.406. The van der Waals surface area contributed by atoms with Crippen molar-refractivity contribution >= 4 is 45.6 Å². The number of nitrogens with one attached hydrogen (secondary N) is 2. The lowest BCUT2D eigenvalue weighted by molar-refractivity contribution is -0.115. The topological polar surface area (TPSA) is 100 Å². The number of fused-ring (bicyclic) bond motifs is 1. The number of anilines is 2. The molecule has 2 N–H and O–H groups in total. The number of thioether (sulfide) groups is 1. The largest absolute Gasteiger partial charge is 0.493 e. The Balaban J connectivity index is 1.45. The first-order valence-electron chi connectivity index (χ1n) is 13.7. The van der Waals surface area contributed by atoms with Crippen molar-refractivity contribution in [1.29, 1.82) is 5.26 Å². The normalized spacial score (nSPS) is 15.3. The fourth-order valence-electron chi connectivity index (χ4n) is 5.04. The number of carbonyl (C=O) groups is 2. The summed E-state index contributed by atoms with van der Waals surface area (Å²) < 4.78 is 10.6. The minimum absolute atomic E-state index is 0.125. The van der Waals surface area contributed by atoms with E-state index in [1.165, 1.54) is 23.7 Å². The van der Waals surface area contributed by atoms with E-state index in [1.807, 2.05) is 31.2 Å². The van der Waals surface area contributed by atoms with Crippen molar-refractivity contribution in [3.8, 4) is 17.6 Å². The summed E-state index contributed by atoms with van der Waals surface area (Å²) in [6.45, 7) is 8.77. The Morgan fingerprint density at radius 2 is 1.88 bits per heavy atom. The summed E-state index contributed by atoms with van der Waals surface area (Å²) in [5.41, 5.74) is 2.98. The molecule has 41 heavy (non-hydrogen) atoms. The molecule has 216 valence electrons. The van der Waals surface area contributed by atoms with E-state index in [0.717, 1.165) is 29.7 Å². The molecule has 2 atom stereocenters. The van der Waals surface area contributed by atoms with Crippen LogP contribution < -0.4 is 20.1 Å². The van der Waals surface area contributed by atoms with E-state index in [2.05, 4.69) is 37.5 Å². The van der Waals surface area contributed by atoms with Gasteiger partial charge in [-0.1, -0.05) is 33.8 Å². The van der Waals surface area contributed by atoms with Gasteiger partial charge in [0, 0.05) is 21.0 Å². The third-order valence-corrected chi connectivity index (χ3v) is 10.0. The highest BCUT2D eigenvalue weighted by atomic mass is 32.2. The highest BCUT2D eigenvalue weighted by Crippen LogP contribution is 2.44. The summed E-state index contributed by atoms with van der Waals surface area (Å²) in [7, 11) is 3.07. The van der Waals surface area contributed by atoms with Crippen molar-refractivity contribution < 1.29 is 19.1 Å². The van der Waals surface area contributed by atoms with Crippen LogP contribution in [0.25, 0.3) is 0 Å². The van der Waals surface area contributed by atoms with Crippen LogP contribution in [0.4, 0.5) is 10.7 Å². The van der Waals surface area contributed by atoms with Gasteiger partial charge in [-0.25, -0.2) is 0 Å². The first kappa shape index (κ1) is 30.5. The molecule has 1 aliphatic rings. The summed E-state index contributed by atoms with van der Waals surface area (Å²) >= 11 is 2.99. The van der Waals surface area contributed by atoms with Gasteiger partial charge in [-0.2, -0.15) is 5.26 Å². The Labute approximate surface area is 250 Å². The number of nitriles is 1. The van der Waals surface area contributed by atoms with E-state index in [0.29, 0.717) is 45.7 Å². The van der Waals surface area contributed by atoms with Crippen LogP contribution in [0, 0.1) is 22.7 Å². The highest BCUT2D eigenvalue weighted by molar-refractivity contribution is 8.00. The fourth-order valence-corrected chi connectivity index (χ4v) is 7.33. The molecule has 0 spiro atoms. The lowest BCUT2D eigenvalue weighted by Crippen LogP contribution is -2.26. The Kier molecular flexibility index (Phi) is 9.67. The molecular formula is C32H37N3O4S2. The predicted octanol–water partition coefficient (Wildman–Crippen LogP) is 7.55. The molecule has 1 heterocycles. The smallest absolute Gasteiger partial charge is 0.255 e. The molecule has 0 bridgehead atoms. The number of benzene rings is 2. The van der Waals surface area contributed by atoms with E-state index in [-0.39, 0.29) is 22.5 Å². The average Bonchev–Trinajstić information content (AvgIpc) is 3.31. The molecule has 0 aliphatic heterocycles. The van der Waals surface area contributed by atoms with Crippen LogP contribution in [-0.2, 0) is 17.6 Å². The van der Waals surface area contributed by atoms with Gasteiger partial charge >= 0.3 is 0 Å². The molecule has 9 heteroatoms. The number of carbonyl (C=O) groups excluding carboxylic acids is 2. The molecule has 1 aromatic heterocycles. The van der Waals surface area contributed by atoms with Crippen molar-refractivity contribution in [2.45, 2.75) is 63.5 Å². The molecule has 7 nitrogen and oxygen atoms in total. The molecule has 0 saturated heterocycles. The zero-order chi connectivity index (χ0) is 29.7. The first-order valence-corrected chi connectivity index (χ1v) is 15.4. The minimum atomic E-state index is -0.361. The van der Waals surface area contributed by atoms with Crippen molar-refractivity contribution in [3.05, 3.63) is 64.0 Å². The van der Waals surface area contributed by atoms with Gasteiger partial charge in [-0.05, 0) is 79.0 Å². The number of nitrogens with zero attached hydrogens (tertiary/aromatic N) is 1. The molecule has 2 aromatic carbocycles. The lowest BCUT2D eigenvalue weighted by Gasteiger charge is -2.33. The molecule has 2 amide bonds. The SMILES string of the molecule is CCC(Sc1cccc(NC(=O)c2ccc(OC)c(OC)c2)c1)C(=O)Nc1sc2c(c1C#N)CCC(C(C)(C)C)C2. The van der Waals surface area contributed by atoms with Gasteiger partial charge in [0.2, 0.25) is 5.91 Å². The number of hydrogen-bond donors (Lipinski definition) is 2. The maximum absolute atomic E-state index is 13.4. The second kappa shape index (κ2) is 13.0. The molecule has 0 saturated carbocycles. The van der Waals surface area contributed by atoms with Crippen molar-refractivity contribution in [3.63, 3.8) is 0 Å². The Morgan fingerprint density at radius 1 is 1.12 bits per heavy atom. The molecule has 2 unspecified atom stereocenters. The number of methoxy groups -OCH3 is 2. The monoisotopic (exact) mass is 591 g/mol. The van der Waals surface area contributed by atoms with Crippen LogP contribution in [-0.4, -0.2) is 31.3 Å². The summed E-state index contributed by atoms with van der Waals surface area (Å²) in [5, 5.41) is 16.2.